The number of phenolic OH excluding ortho intramolecular Hbond substituents is 1. The predicted molar refractivity (Wildman–Crippen MR) is 75.3 cm³/mol. The van der Waals surface area contributed by atoms with E-state index in [-0.39, 0.29) is 5.75 Å². The Balaban J connectivity index is 2.30. The van der Waals surface area contributed by atoms with Crippen molar-refractivity contribution in [3.63, 3.8) is 0 Å². The van der Waals surface area contributed by atoms with Crippen molar-refractivity contribution in [2.45, 2.75) is 58.4 Å². The number of hydrogen-bond donors (Lipinski definition) is 4. The summed E-state index contributed by atoms with van der Waals surface area (Å²) in [6.45, 7) is 6.95. The second-order valence-electron chi connectivity index (χ2n) is 5.59. The fourth-order valence-corrected chi connectivity index (χ4v) is 2.40. The van der Waals surface area contributed by atoms with Gasteiger partial charge in [0.1, 0.15) is 29.8 Å². The first-order valence-corrected chi connectivity index (χ1v) is 6.90. The first-order valence-electron chi connectivity index (χ1n) is 6.90. The van der Waals surface area contributed by atoms with Crippen molar-refractivity contribution in [3.8, 4) is 11.5 Å². The molecule has 0 amide bonds. The summed E-state index contributed by atoms with van der Waals surface area (Å²) < 4.78 is 11.1. The molecule has 1 saturated heterocycles. The molecule has 4 N–H and O–H groups in total. The molecule has 21 heavy (non-hydrogen) atoms. The van der Waals surface area contributed by atoms with E-state index in [2.05, 4.69) is 0 Å². The number of aryl methyl sites for hydroxylation is 1. The summed E-state index contributed by atoms with van der Waals surface area (Å²) in [5.41, 5.74) is 2.18. The highest BCUT2D eigenvalue weighted by Gasteiger charge is 2.43. The molecular formula is C15H22O6. The van der Waals surface area contributed by atoms with Crippen molar-refractivity contribution in [2.75, 3.05) is 0 Å². The number of ether oxygens (including phenoxy) is 2. The molecule has 1 fully saturated rings. The third kappa shape index (κ3) is 2.85. The van der Waals surface area contributed by atoms with E-state index in [0.717, 1.165) is 11.1 Å². The molecule has 1 aromatic rings. The minimum atomic E-state index is -1.38. The molecule has 0 bridgehead atoms. The van der Waals surface area contributed by atoms with E-state index in [1.54, 1.807) is 19.9 Å². The molecule has 6 heteroatoms. The zero-order chi connectivity index (χ0) is 15.9. The molecule has 0 radical (unpaired) electrons. The Morgan fingerprint density at radius 2 is 1.62 bits per heavy atom. The summed E-state index contributed by atoms with van der Waals surface area (Å²) in [4.78, 5) is 0. The van der Waals surface area contributed by atoms with Gasteiger partial charge >= 0.3 is 0 Å². The van der Waals surface area contributed by atoms with E-state index < -0.39 is 30.7 Å². The minimum Gasteiger partial charge on any atom is -0.508 e. The van der Waals surface area contributed by atoms with Crippen LogP contribution in [0.5, 0.6) is 11.5 Å². The Kier molecular flexibility index (Phi) is 4.43. The third-order valence-corrected chi connectivity index (χ3v) is 4.05. The molecule has 1 aromatic carbocycles. The van der Waals surface area contributed by atoms with Gasteiger partial charge in [-0.3, -0.25) is 0 Å². The lowest BCUT2D eigenvalue weighted by Crippen LogP contribution is -2.58. The number of hydrogen-bond acceptors (Lipinski definition) is 6. The zero-order valence-electron chi connectivity index (χ0n) is 12.6. The SMILES string of the molecule is Cc1cc(O)c(C)c(OC2OC(C)C(O)C(O)C2O)c1C. The molecule has 1 aliphatic rings. The summed E-state index contributed by atoms with van der Waals surface area (Å²) in [6, 6.07) is 1.64. The van der Waals surface area contributed by atoms with Gasteiger partial charge in [0, 0.05) is 5.56 Å². The Bertz CT molecular complexity index is 503. The molecule has 5 unspecified atom stereocenters. The van der Waals surface area contributed by atoms with Crippen LogP contribution in [0.4, 0.5) is 0 Å². The topological polar surface area (TPSA) is 99.4 Å². The van der Waals surface area contributed by atoms with Crippen molar-refractivity contribution in [1.82, 2.24) is 0 Å². The van der Waals surface area contributed by atoms with Crippen LogP contribution in [0.3, 0.4) is 0 Å². The molecular weight excluding hydrogens is 276 g/mol. The molecule has 2 rings (SSSR count). The van der Waals surface area contributed by atoms with Gasteiger partial charge in [0.25, 0.3) is 0 Å². The molecule has 0 spiro atoms. The molecule has 0 aliphatic carbocycles. The number of benzene rings is 1. The van der Waals surface area contributed by atoms with Gasteiger partial charge in [-0.25, -0.2) is 0 Å². The van der Waals surface area contributed by atoms with Crippen LogP contribution in [-0.4, -0.2) is 51.1 Å². The van der Waals surface area contributed by atoms with Crippen LogP contribution in [0.1, 0.15) is 23.6 Å². The van der Waals surface area contributed by atoms with Crippen LogP contribution >= 0.6 is 0 Å². The maximum atomic E-state index is 9.98. The predicted octanol–water partition coefficient (Wildman–Crippen LogP) is 0.524. The number of phenols is 1. The van der Waals surface area contributed by atoms with Gasteiger partial charge in [-0.05, 0) is 44.9 Å². The van der Waals surface area contributed by atoms with Crippen LogP contribution in [0, 0.1) is 20.8 Å². The Hall–Kier alpha value is -1.34. The Morgan fingerprint density at radius 1 is 1.00 bits per heavy atom. The van der Waals surface area contributed by atoms with E-state index >= 15 is 0 Å². The first-order chi connectivity index (χ1) is 9.73. The molecule has 1 aliphatic heterocycles. The summed E-state index contributed by atoms with van der Waals surface area (Å²) in [5, 5.41) is 39.3. The normalized spacial score (nSPS) is 33.0. The summed E-state index contributed by atoms with van der Waals surface area (Å²) in [6.07, 6.45) is -5.69. The average molecular weight is 298 g/mol. The number of aliphatic hydroxyl groups is 3. The van der Waals surface area contributed by atoms with Crippen LogP contribution in [0.15, 0.2) is 6.07 Å². The monoisotopic (exact) mass is 298 g/mol. The van der Waals surface area contributed by atoms with E-state index in [9.17, 15) is 20.4 Å². The van der Waals surface area contributed by atoms with Gasteiger partial charge < -0.3 is 29.9 Å². The van der Waals surface area contributed by atoms with E-state index in [1.165, 1.54) is 0 Å². The molecule has 0 saturated carbocycles. The highest BCUT2D eigenvalue weighted by Crippen LogP contribution is 2.35. The van der Waals surface area contributed by atoms with Crippen molar-refractivity contribution in [2.24, 2.45) is 0 Å². The van der Waals surface area contributed by atoms with Crippen molar-refractivity contribution in [1.29, 1.82) is 0 Å². The van der Waals surface area contributed by atoms with Gasteiger partial charge in [0.05, 0.1) is 6.10 Å². The van der Waals surface area contributed by atoms with E-state index in [0.29, 0.717) is 11.3 Å². The second-order valence-corrected chi connectivity index (χ2v) is 5.59. The zero-order valence-corrected chi connectivity index (χ0v) is 12.6. The highest BCUT2D eigenvalue weighted by molar-refractivity contribution is 5.52. The van der Waals surface area contributed by atoms with Gasteiger partial charge in [-0.1, -0.05) is 0 Å². The minimum absolute atomic E-state index is 0.0898. The number of rotatable bonds is 2. The number of aromatic hydroxyl groups is 1. The maximum absolute atomic E-state index is 9.98. The highest BCUT2D eigenvalue weighted by atomic mass is 16.7. The van der Waals surface area contributed by atoms with Crippen LogP contribution in [0.2, 0.25) is 0 Å². The van der Waals surface area contributed by atoms with Crippen LogP contribution < -0.4 is 4.74 Å². The fraction of sp³-hybridized carbons (Fsp3) is 0.600. The quantitative estimate of drug-likeness (QED) is 0.635. The first kappa shape index (κ1) is 16.0. The van der Waals surface area contributed by atoms with Gasteiger partial charge in [0.2, 0.25) is 6.29 Å². The van der Waals surface area contributed by atoms with E-state index in [1.807, 2.05) is 13.8 Å². The average Bonchev–Trinajstić information content (AvgIpc) is 2.44. The van der Waals surface area contributed by atoms with Crippen molar-refractivity contribution >= 4 is 0 Å². The Labute approximate surface area is 123 Å². The Morgan fingerprint density at radius 3 is 2.24 bits per heavy atom. The van der Waals surface area contributed by atoms with Gasteiger partial charge in [-0.2, -0.15) is 0 Å². The standard InChI is InChI=1S/C15H22O6/c1-6-5-10(16)8(3)14(7(6)2)21-15-13(19)12(18)11(17)9(4)20-15/h5,9,11-13,15-19H,1-4H3. The van der Waals surface area contributed by atoms with Gasteiger partial charge in [-0.15, -0.1) is 0 Å². The lowest BCUT2D eigenvalue weighted by Gasteiger charge is -2.39. The van der Waals surface area contributed by atoms with Crippen molar-refractivity contribution < 1.29 is 29.9 Å². The van der Waals surface area contributed by atoms with Crippen LogP contribution in [0.25, 0.3) is 0 Å². The van der Waals surface area contributed by atoms with E-state index in [4.69, 9.17) is 9.47 Å². The number of aliphatic hydroxyl groups excluding tert-OH is 3. The second kappa shape index (κ2) is 5.81. The summed E-state index contributed by atoms with van der Waals surface area (Å²) in [7, 11) is 0. The lowest BCUT2D eigenvalue weighted by atomic mass is 9.99. The lowest BCUT2D eigenvalue weighted by molar-refractivity contribution is -0.268. The van der Waals surface area contributed by atoms with Gasteiger partial charge in [0.15, 0.2) is 0 Å². The molecule has 0 aromatic heterocycles. The smallest absolute Gasteiger partial charge is 0.229 e. The van der Waals surface area contributed by atoms with Crippen molar-refractivity contribution in [3.05, 3.63) is 22.8 Å². The largest absolute Gasteiger partial charge is 0.508 e. The van der Waals surface area contributed by atoms with Crippen LogP contribution in [-0.2, 0) is 4.74 Å². The summed E-state index contributed by atoms with van der Waals surface area (Å²) >= 11 is 0. The molecule has 118 valence electrons. The summed E-state index contributed by atoms with van der Waals surface area (Å²) in [5.74, 6) is 0.499. The maximum Gasteiger partial charge on any atom is 0.229 e. The third-order valence-electron chi connectivity index (χ3n) is 4.05. The molecule has 6 nitrogen and oxygen atoms in total. The fourth-order valence-electron chi connectivity index (χ4n) is 2.40. The molecule has 1 heterocycles. The molecule has 5 atom stereocenters.